The molecule has 192 valence electrons. The van der Waals surface area contributed by atoms with Crippen LogP contribution in [0.15, 0.2) is 41.6 Å². The van der Waals surface area contributed by atoms with Gasteiger partial charge < -0.3 is 9.74 Å². The van der Waals surface area contributed by atoms with E-state index in [1.54, 1.807) is 0 Å². The Morgan fingerprint density at radius 2 is 1.69 bits per heavy atom. The number of carbonyl (C=O) groups is 3. The van der Waals surface area contributed by atoms with Crippen LogP contribution in [0.2, 0.25) is 5.02 Å². The maximum absolute atomic E-state index is 13.2. The van der Waals surface area contributed by atoms with E-state index in [0.29, 0.717) is 12.1 Å². The van der Waals surface area contributed by atoms with Gasteiger partial charge in [0.25, 0.3) is 5.91 Å². The third-order valence-corrected chi connectivity index (χ3v) is 5.07. The molecule has 0 atom stereocenters. The minimum atomic E-state index is -4.78. The first-order valence-corrected chi connectivity index (χ1v) is 10.4. The van der Waals surface area contributed by atoms with E-state index < -0.39 is 53.5 Å². The first kappa shape index (κ1) is 27.0. The fourth-order valence-corrected chi connectivity index (χ4v) is 3.52. The van der Waals surface area contributed by atoms with Crippen LogP contribution in [0.1, 0.15) is 33.5 Å². The summed E-state index contributed by atoms with van der Waals surface area (Å²) in [5, 5.41) is 5.09. The van der Waals surface area contributed by atoms with Gasteiger partial charge in [0.2, 0.25) is 11.8 Å². The van der Waals surface area contributed by atoms with Gasteiger partial charge in [-0.05, 0) is 42.3 Å². The third-order valence-electron chi connectivity index (χ3n) is 4.85. The van der Waals surface area contributed by atoms with Gasteiger partial charge >= 0.3 is 12.4 Å². The van der Waals surface area contributed by atoms with Gasteiger partial charge in [0.1, 0.15) is 13.1 Å². The first-order chi connectivity index (χ1) is 16.6. The molecule has 7 nitrogen and oxygen atoms in total. The highest BCUT2D eigenvalue weighted by Crippen LogP contribution is 2.34. The van der Waals surface area contributed by atoms with Crippen LogP contribution < -0.4 is 10.2 Å². The zero-order valence-electron chi connectivity index (χ0n) is 18.3. The number of imide groups is 1. The molecule has 3 amide bonds. The summed E-state index contributed by atoms with van der Waals surface area (Å²) in [5.41, 5.74) is -1.75. The molecule has 0 bridgehead atoms. The average molecular weight is 536 g/mol. The second-order valence-corrected chi connectivity index (χ2v) is 8.19. The summed E-state index contributed by atoms with van der Waals surface area (Å²) in [5.74, 6) is -2.59. The topological polar surface area (TPSA) is 88.1 Å². The second kappa shape index (κ2) is 10.2. The van der Waals surface area contributed by atoms with Crippen LogP contribution in [0.25, 0.3) is 0 Å². The Bertz CT molecular complexity index is 1230. The SMILES string of the molecule is Cc1cc(/C(CC(F)(F)F)=N/Oc2cc(Cl)cc(C(F)(F)F)c2)ccc1C(=O)N1CC(=O)NC(=O)C1. The van der Waals surface area contributed by atoms with E-state index >= 15 is 0 Å². The lowest BCUT2D eigenvalue weighted by molar-refractivity contribution is -0.138. The van der Waals surface area contributed by atoms with Crippen molar-refractivity contribution in [1.29, 1.82) is 0 Å². The predicted octanol–water partition coefficient (Wildman–Crippen LogP) is 4.50. The molecule has 1 N–H and O–H groups in total. The Kier molecular flexibility index (Phi) is 7.62. The highest BCUT2D eigenvalue weighted by atomic mass is 35.5. The number of halogens is 7. The molecular formula is C22H16ClF6N3O4. The van der Waals surface area contributed by atoms with E-state index in [4.69, 9.17) is 16.4 Å². The third kappa shape index (κ3) is 6.97. The fourth-order valence-electron chi connectivity index (χ4n) is 3.30. The van der Waals surface area contributed by atoms with Crippen LogP contribution in [0.3, 0.4) is 0 Å². The summed E-state index contributed by atoms with van der Waals surface area (Å²) in [7, 11) is 0. The second-order valence-electron chi connectivity index (χ2n) is 7.76. The van der Waals surface area contributed by atoms with Gasteiger partial charge in [0, 0.05) is 16.7 Å². The molecule has 0 radical (unpaired) electrons. The van der Waals surface area contributed by atoms with Crippen LogP contribution in [0, 0.1) is 6.92 Å². The molecule has 2 aromatic rings. The molecule has 3 rings (SSSR count). The van der Waals surface area contributed by atoms with E-state index in [-0.39, 0.29) is 34.8 Å². The number of hydrogen-bond donors (Lipinski definition) is 1. The standard InChI is InChI=1S/C22H16ClF6N3O4/c1-11-4-12(2-3-16(11)20(35)32-9-18(33)30-19(34)10-32)17(8-21(24,25)26)31-36-15-6-13(22(27,28)29)5-14(23)7-15/h2-7H,8-10H2,1H3,(H,30,33,34)/b31-17+. The summed E-state index contributed by atoms with van der Waals surface area (Å²) >= 11 is 5.65. The smallest absolute Gasteiger partial charge is 0.357 e. The highest BCUT2D eigenvalue weighted by Gasteiger charge is 2.33. The monoisotopic (exact) mass is 535 g/mol. The van der Waals surface area contributed by atoms with Crippen molar-refractivity contribution in [1.82, 2.24) is 10.2 Å². The number of oxime groups is 1. The Hall–Kier alpha value is -3.61. The number of alkyl halides is 6. The molecule has 1 saturated heterocycles. The van der Waals surface area contributed by atoms with Crippen LogP contribution >= 0.6 is 11.6 Å². The van der Waals surface area contributed by atoms with Crippen molar-refractivity contribution >= 4 is 35.0 Å². The molecule has 0 spiro atoms. The summed E-state index contributed by atoms with van der Waals surface area (Å²) in [4.78, 5) is 41.6. The molecule has 1 heterocycles. The number of benzene rings is 2. The number of aryl methyl sites for hydroxylation is 1. The lowest BCUT2D eigenvalue weighted by atomic mass is 9.99. The number of piperazine rings is 1. The van der Waals surface area contributed by atoms with Crippen LogP contribution in [0.5, 0.6) is 5.75 Å². The molecule has 0 unspecified atom stereocenters. The van der Waals surface area contributed by atoms with Gasteiger partial charge in [0.05, 0.1) is 17.7 Å². The van der Waals surface area contributed by atoms with Gasteiger partial charge in [-0.15, -0.1) is 0 Å². The normalized spacial score (nSPS) is 15.1. The number of carbonyl (C=O) groups excluding carboxylic acids is 3. The molecule has 14 heteroatoms. The molecule has 0 saturated carbocycles. The molecule has 1 aliphatic heterocycles. The van der Waals surface area contributed by atoms with Crippen molar-refractivity contribution in [3.05, 3.63) is 63.7 Å². The Morgan fingerprint density at radius 1 is 1.06 bits per heavy atom. The van der Waals surface area contributed by atoms with E-state index in [1.807, 2.05) is 5.32 Å². The van der Waals surface area contributed by atoms with Gasteiger partial charge in [-0.1, -0.05) is 22.8 Å². The van der Waals surface area contributed by atoms with Gasteiger partial charge in [0.15, 0.2) is 5.75 Å². The van der Waals surface area contributed by atoms with Crippen molar-refractivity contribution in [2.45, 2.75) is 25.7 Å². The van der Waals surface area contributed by atoms with Crippen molar-refractivity contribution in [2.24, 2.45) is 5.16 Å². The molecule has 1 aliphatic rings. The van der Waals surface area contributed by atoms with E-state index in [1.165, 1.54) is 19.1 Å². The summed E-state index contributed by atoms with van der Waals surface area (Å²) in [6, 6.07) is 5.63. The van der Waals surface area contributed by atoms with Crippen LogP contribution in [-0.2, 0) is 15.8 Å². The van der Waals surface area contributed by atoms with Gasteiger partial charge in [-0.3, -0.25) is 19.7 Å². The van der Waals surface area contributed by atoms with Crippen LogP contribution in [-0.4, -0.2) is 47.6 Å². The first-order valence-electron chi connectivity index (χ1n) is 10.0. The zero-order valence-corrected chi connectivity index (χ0v) is 19.0. The molecular weight excluding hydrogens is 520 g/mol. The van der Waals surface area contributed by atoms with Gasteiger partial charge in [-0.25, -0.2) is 0 Å². The van der Waals surface area contributed by atoms with E-state index in [9.17, 15) is 40.7 Å². The number of amides is 3. The summed E-state index contributed by atoms with van der Waals surface area (Å²) in [6.45, 7) is 0.668. The number of hydrogen-bond acceptors (Lipinski definition) is 5. The lowest BCUT2D eigenvalue weighted by Gasteiger charge is -2.26. The Labute approximate surface area is 204 Å². The average Bonchev–Trinajstić information content (AvgIpc) is 2.73. The van der Waals surface area contributed by atoms with Gasteiger partial charge in [-0.2, -0.15) is 26.3 Å². The number of nitrogens with one attached hydrogen (secondary N) is 1. The molecule has 36 heavy (non-hydrogen) atoms. The van der Waals surface area contributed by atoms with E-state index in [0.717, 1.165) is 17.0 Å². The quantitative estimate of drug-likeness (QED) is 0.264. The summed E-state index contributed by atoms with van der Waals surface area (Å²) in [6.07, 6.45) is -11.1. The highest BCUT2D eigenvalue weighted by molar-refractivity contribution is 6.30. The lowest BCUT2D eigenvalue weighted by Crippen LogP contribution is -2.53. The van der Waals surface area contributed by atoms with Crippen molar-refractivity contribution < 1.29 is 45.6 Å². The molecule has 0 aliphatic carbocycles. The zero-order chi connectivity index (χ0) is 26.8. The van der Waals surface area contributed by atoms with Crippen molar-refractivity contribution in [2.75, 3.05) is 13.1 Å². The summed E-state index contributed by atoms with van der Waals surface area (Å²) < 4.78 is 78.5. The number of rotatable bonds is 5. The fraction of sp³-hybridized carbons (Fsp3) is 0.273. The van der Waals surface area contributed by atoms with Crippen molar-refractivity contribution in [3.63, 3.8) is 0 Å². The Morgan fingerprint density at radius 3 is 2.25 bits per heavy atom. The minimum absolute atomic E-state index is 0.0261. The predicted molar refractivity (Wildman–Crippen MR) is 115 cm³/mol. The Balaban J connectivity index is 1.92. The largest absolute Gasteiger partial charge is 0.416 e. The van der Waals surface area contributed by atoms with Crippen LogP contribution in [0.4, 0.5) is 26.3 Å². The van der Waals surface area contributed by atoms with E-state index in [2.05, 4.69) is 5.16 Å². The van der Waals surface area contributed by atoms with Crippen molar-refractivity contribution in [3.8, 4) is 5.75 Å². The molecule has 2 aromatic carbocycles. The molecule has 0 aromatic heterocycles. The maximum atomic E-state index is 13.2. The minimum Gasteiger partial charge on any atom is -0.357 e. The molecule has 1 fully saturated rings. The number of nitrogens with zero attached hydrogens (tertiary/aromatic N) is 2. The maximum Gasteiger partial charge on any atom is 0.416 e.